The zero-order chi connectivity index (χ0) is 17.7. The minimum Gasteiger partial charge on any atom is -0.457 e. The van der Waals surface area contributed by atoms with Crippen molar-refractivity contribution in [3.8, 4) is 0 Å². The molecule has 0 radical (unpaired) electrons. The maximum absolute atomic E-state index is 12.2. The molecule has 24 heavy (non-hydrogen) atoms. The van der Waals surface area contributed by atoms with E-state index < -0.39 is 5.97 Å². The number of carbonyl (C=O) groups is 2. The predicted molar refractivity (Wildman–Crippen MR) is 95.2 cm³/mol. The molecule has 4 nitrogen and oxygen atoms in total. The Hall–Kier alpha value is -2.33. The summed E-state index contributed by atoms with van der Waals surface area (Å²) in [5.41, 5.74) is 2.62. The summed E-state index contributed by atoms with van der Waals surface area (Å²) in [5.74, 6) is -0.699. The molecule has 0 aliphatic rings. The van der Waals surface area contributed by atoms with Gasteiger partial charge in [-0.1, -0.05) is 49.7 Å². The number of esters is 1. The van der Waals surface area contributed by atoms with E-state index in [1.807, 2.05) is 32.9 Å². The van der Waals surface area contributed by atoms with Crippen LogP contribution < -0.4 is 5.32 Å². The number of nitrogens with one attached hydrogen (secondary N) is 1. The third kappa shape index (κ3) is 4.59. The van der Waals surface area contributed by atoms with E-state index in [9.17, 15) is 9.59 Å². The van der Waals surface area contributed by atoms with Gasteiger partial charge < -0.3 is 10.1 Å². The standard InChI is InChI=1S/C19H20ClNO3/c1-12(2)18(22)21-17-10-14(9-8-13(17)3)19(23)24-11-15-6-4-5-7-16(15)20/h4-10,12H,11H2,1-3H3,(H,21,22). The van der Waals surface area contributed by atoms with Gasteiger partial charge in [-0.15, -0.1) is 0 Å². The topological polar surface area (TPSA) is 55.4 Å². The fourth-order valence-corrected chi connectivity index (χ4v) is 2.19. The quantitative estimate of drug-likeness (QED) is 0.806. The molecule has 5 heteroatoms. The molecular formula is C19H20ClNO3. The zero-order valence-corrected chi connectivity index (χ0v) is 14.7. The first-order chi connectivity index (χ1) is 11.4. The number of halogens is 1. The van der Waals surface area contributed by atoms with Gasteiger partial charge in [-0.3, -0.25) is 4.79 Å². The van der Waals surface area contributed by atoms with Gasteiger partial charge in [-0.25, -0.2) is 4.79 Å². The highest BCUT2D eigenvalue weighted by molar-refractivity contribution is 6.31. The summed E-state index contributed by atoms with van der Waals surface area (Å²) < 4.78 is 5.31. The van der Waals surface area contributed by atoms with Gasteiger partial charge in [-0.05, 0) is 30.7 Å². The third-order valence-electron chi connectivity index (χ3n) is 3.57. The molecule has 2 aromatic carbocycles. The maximum Gasteiger partial charge on any atom is 0.338 e. The monoisotopic (exact) mass is 345 g/mol. The van der Waals surface area contributed by atoms with E-state index in [4.69, 9.17) is 16.3 Å². The number of anilines is 1. The summed E-state index contributed by atoms with van der Waals surface area (Å²) >= 11 is 6.05. The van der Waals surface area contributed by atoms with Crippen molar-refractivity contribution < 1.29 is 14.3 Å². The van der Waals surface area contributed by atoms with Crippen molar-refractivity contribution in [2.24, 2.45) is 5.92 Å². The highest BCUT2D eigenvalue weighted by Gasteiger charge is 2.13. The smallest absolute Gasteiger partial charge is 0.338 e. The van der Waals surface area contributed by atoms with Gasteiger partial charge in [0, 0.05) is 22.2 Å². The molecular weight excluding hydrogens is 326 g/mol. The van der Waals surface area contributed by atoms with Crippen LogP contribution in [0.3, 0.4) is 0 Å². The van der Waals surface area contributed by atoms with Gasteiger partial charge in [0.25, 0.3) is 0 Å². The summed E-state index contributed by atoms with van der Waals surface area (Å²) in [5, 5.41) is 3.37. The minimum absolute atomic E-state index is 0.0973. The molecule has 0 atom stereocenters. The number of carbonyl (C=O) groups excluding carboxylic acids is 2. The molecule has 2 rings (SSSR count). The predicted octanol–water partition coefficient (Wildman–Crippen LogP) is 4.60. The summed E-state index contributed by atoms with van der Waals surface area (Å²) in [7, 11) is 0. The van der Waals surface area contributed by atoms with Gasteiger partial charge in [-0.2, -0.15) is 0 Å². The Kier molecular flexibility index (Phi) is 5.99. The first-order valence-electron chi connectivity index (χ1n) is 7.70. The molecule has 0 aliphatic heterocycles. The largest absolute Gasteiger partial charge is 0.457 e. The molecule has 0 heterocycles. The van der Waals surface area contributed by atoms with Crippen molar-refractivity contribution in [2.75, 3.05) is 5.32 Å². The Balaban J connectivity index is 2.09. The van der Waals surface area contributed by atoms with E-state index in [2.05, 4.69) is 5.32 Å². The molecule has 0 fully saturated rings. The van der Waals surface area contributed by atoms with Crippen LogP contribution in [0.25, 0.3) is 0 Å². The molecule has 1 N–H and O–H groups in total. The van der Waals surface area contributed by atoms with Crippen LogP contribution in [0.2, 0.25) is 5.02 Å². The lowest BCUT2D eigenvalue weighted by Gasteiger charge is -2.12. The van der Waals surface area contributed by atoms with Gasteiger partial charge in [0.2, 0.25) is 5.91 Å². The second-order valence-electron chi connectivity index (χ2n) is 5.84. The van der Waals surface area contributed by atoms with E-state index in [0.29, 0.717) is 16.3 Å². The summed E-state index contributed by atoms with van der Waals surface area (Å²) in [6.07, 6.45) is 0. The molecule has 0 aromatic heterocycles. The second-order valence-corrected chi connectivity index (χ2v) is 6.25. The minimum atomic E-state index is -0.463. The van der Waals surface area contributed by atoms with E-state index in [1.165, 1.54) is 0 Å². The molecule has 0 spiro atoms. The van der Waals surface area contributed by atoms with Crippen molar-refractivity contribution >= 4 is 29.2 Å². The van der Waals surface area contributed by atoms with Crippen molar-refractivity contribution in [2.45, 2.75) is 27.4 Å². The van der Waals surface area contributed by atoms with Gasteiger partial charge in [0.15, 0.2) is 0 Å². The Morgan fingerprint density at radius 2 is 1.88 bits per heavy atom. The lowest BCUT2D eigenvalue weighted by atomic mass is 10.1. The molecule has 2 aromatic rings. The molecule has 0 saturated carbocycles. The molecule has 0 bridgehead atoms. The molecule has 126 valence electrons. The average molecular weight is 346 g/mol. The van der Waals surface area contributed by atoms with E-state index in [0.717, 1.165) is 11.1 Å². The Bertz CT molecular complexity index is 756. The maximum atomic E-state index is 12.2. The van der Waals surface area contributed by atoms with E-state index in [1.54, 1.807) is 30.3 Å². The van der Waals surface area contributed by atoms with E-state index in [-0.39, 0.29) is 18.4 Å². The first-order valence-corrected chi connectivity index (χ1v) is 8.08. The number of hydrogen-bond donors (Lipinski definition) is 1. The van der Waals surface area contributed by atoms with Crippen LogP contribution in [-0.4, -0.2) is 11.9 Å². The number of rotatable bonds is 5. The summed E-state index contributed by atoms with van der Waals surface area (Å²) in [6.45, 7) is 5.59. The van der Waals surface area contributed by atoms with Crippen LogP contribution in [0.15, 0.2) is 42.5 Å². The second kappa shape index (κ2) is 7.97. The number of aryl methyl sites for hydroxylation is 1. The fourth-order valence-electron chi connectivity index (χ4n) is 2.00. The summed E-state index contributed by atoms with van der Waals surface area (Å²) in [4.78, 5) is 24.1. The van der Waals surface area contributed by atoms with Crippen LogP contribution >= 0.6 is 11.6 Å². The van der Waals surface area contributed by atoms with Crippen LogP contribution in [0, 0.1) is 12.8 Å². The van der Waals surface area contributed by atoms with Crippen molar-refractivity contribution in [3.05, 3.63) is 64.2 Å². The van der Waals surface area contributed by atoms with Crippen LogP contribution in [0.4, 0.5) is 5.69 Å². The molecule has 0 unspecified atom stereocenters. The van der Waals surface area contributed by atoms with Gasteiger partial charge in [0.05, 0.1) is 5.56 Å². The third-order valence-corrected chi connectivity index (χ3v) is 3.94. The zero-order valence-electron chi connectivity index (χ0n) is 13.9. The lowest BCUT2D eigenvalue weighted by molar-refractivity contribution is -0.118. The van der Waals surface area contributed by atoms with Crippen LogP contribution in [-0.2, 0) is 16.1 Å². The molecule has 0 saturated heterocycles. The van der Waals surface area contributed by atoms with E-state index >= 15 is 0 Å². The number of amides is 1. The number of ether oxygens (including phenoxy) is 1. The Labute approximate surface area is 146 Å². The molecule has 1 amide bonds. The van der Waals surface area contributed by atoms with Gasteiger partial charge in [0.1, 0.15) is 6.61 Å². The number of benzene rings is 2. The highest BCUT2D eigenvalue weighted by atomic mass is 35.5. The SMILES string of the molecule is Cc1ccc(C(=O)OCc2ccccc2Cl)cc1NC(=O)C(C)C. The van der Waals surface area contributed by atoms with Crippen LogP contribution in [0.1, 0.15) is 35.3 Å². The highest BCUT2D eigenvalue weighted by Crippen LogP contribution is 2.20. The lowest BCUT2D eigenvalue weighted by Crippen LogP contribution is -2.18. The fraction of sp³-hybridized carbons (Fsp3) is 0.263. The number of hydrogen-bond acceptors (Lipinski definition) is 3. The van der Waals surface area contributed by atoms with Crippen molar-refractivity contribution in [1.29, 1.82) is 0 Å². The van der Waals surface area contributed by atoms with Crippen molar-refractivity contribution in [3.63, 3.8) is 0 Å². The average Bonchev–Trinajstić information content (AvgIpc) is 2.55. The van der Waals surface area contributed by atoms with Crippen molar-refractivity contribution in [1.82, 2.24) is 0 Å². The Morgan fingerprint density at radius 1 is 1.17 bits per heavy atom. The normalized spacial score (nSPS) is 10.5. The first kappa shape index (κ1) is 18.0. The van der Waals surface area contributed by atoms with Crippen LogP contribution in [0.5, 0.6) is 0 Å². The van der Waals surface area contributed by atoms with Gasteiger partial charge >= 0.3 is 5.97 Å². The Morgan fingerprint density at radius 3 is 2.54 bits per heavy atom. The molecule has 0 aliphatic carbocycles. The summed E-state index contributed by atoms with van der Waals surface area (Å²) in [6, 6.07) is 12.3.